The van der Waals surface area contributed by atoms with Crippen LogP contribution < -0.4 is 0 Å². The summed E-state index contributed by atoms with van der Waals surface area (Å²) in [4.78, 5) is 16.7. The van der Waals surface area contributed by atoms with Gasteiger partial charge in [0.1, 0.15) is 0 Å². The van der Waals surface area contributed by atoms with Gasteiger partial charge >= 0.3 is 0 Å². The molecule has 3 nitrogen and oxygen atoms in total. The number of nitrogens with zero attached hydrogens (tertiary/aromatic N) is 2. The van der Waals surface area contributed by atoms with Gasteiger partial charge in [-0.3, -0.25) is 4.79 Å². The first kappa shape index (κ1) is 11.9. The van der Waals surface area contributed by atoms with Crippen molar-refractivity contribution in [3.63, 3.8) is 0 Å². The van der Waals surface area contributed by atoms with E-state index in [1.165, 1.54) is 12.8 Å². The highest BCUT2D eigenvalue weighted by atomic mass is 16.2. The molecule has 2 fully saturated rings. The predicted octanol–water partition coefficient (Wildman–Crippen LogP) is 1.59. The van der Waals surface area contributed by atoms with Crippen LogP contribution in [0.5, 0.6) is 0 Å². The molecule has 2 rings (SSSR count). The molecule has 0 aromatic carbocycles. The van der Waals surface area contributed by atoms with Gasteiger partial charge in [0.15, 0.2) is 0 Å². The summed E-state index contributed by atoms with van der Waals surface area (Å²) in [7, 11) is 2.13. The van der Waals surface area contributed by atoms with E-state index in [-0.39, 0.29) is 0 Å². The van der Waals surface area contributed by atoms with Gasteiger partial charge in [-0.05, 0) is 38.6 Å². The molecule has 1 heterocycles. The van der Waals surface area contributed by atoms with Gasteiger partial charge in [-0.15, -0.1) is 0 Å². The number of piperazine rings is 1. The highest BCUT2D eigenvalue weighted by Gasteiger charge is 2.29. The number of carbonyl (C=O) groups excluding carboxylic acids is 1. The maximum absolute atomic E-state index is 12.3. The molecule has 1 aliphatic heterocycles. The molecule has 16 heavy (non-hydrogen) atoms. The van der Waals surface area contributed by atoms with E-state index in [0.717, 1.165) is 44.9 Å². The molecular formula is C13H24N2O. The van der Waals surface area contributed by atoms with Gasteiger partial charge in [0, 0.05) is 32.1 Å². The molecule has 0 spiro atoms. The zero-order valence-electron chi connectivity index (χ0n) is 10.6. The summed E-state index contributed by atoms with van der Waals surface area (Å²) >= 11 is 0. The summed E-state index contributed by atoms with van der Waals surface area (Å²) in [5.74, 6) is 1.59. The van der Waals surface area contributed by atoms with E-state index >= 15 is 0 Å². The molecule has 0 atom stereocenters. The lowest BCUT2D eigenvalue weighted by Gasteiger charge is -2.36. The Kier molecular flexibility index (Phi) is 3.85. The Hall–Kier alpha value is -0.570. The first-order valence-corrected chi connectivity index (χ1v) is 6.64. The van der Waals surface area contributed by atoms with Crippen LogP contribution in [-0.4, -0.2) is 48.9 Å². The molecule has 0 aromatic rings. The number of carbonyl (C=O) groups is 1. The van der Waals surface area contributed by atoms with Crippen LogP contribution in [0, 0.1) is 11.8 Å². The van der Waals surface area contributed by atoms with Crippen LogP contribution >= 0.6 is 0 Å². The number of likely N-dealkylation sites (N-methyl/N-ethyl adjacent to an activating group) is 1. The number of rotatable bonds is 1. The van der Waals surface area contributed by atoms with Gasteiger partial charge in [-0.25, -0.2) is 0 Å². The van der Waals surface area contributed by atoms with E-state index in [4.69, 9.17) is 0 Å². The first-order valence-electron chi connectivity index (χ1n) is 6.64. The van der Waals surface area contributed by atoms with Crippen LogP contribution in [0.25, 0.3) is 0 Å². The molecule has 0 aromatic heterocycles. The van der Waals surface area contributed by atoms with E-state index < -0.39 is 0 Å². The van der Waals surface area contributed by atoms with E-state index in [0.29, 0.717) is 11.8 Å². The summed E-state index contributed by atoms with van der Waals surface area (Å²) in [5.41, 5.74) is 0. The first-order chi connectivity index (χ1) is 7.66. The van der Waals surface area contributed by atoms with E-state index in [2.05, 4.69) is 23.8 Å². The summed E-state index contributed by atoms with van der Waals surface area (Å²) in [6, 6.07) is 0. The summed E-state index contributed by atoms with van der Waals surface area (Å²) in [6.07, 6.45) is 4.72. The number of hydrogen-bond donors (Lipinski definition) is 0. The third-order valence-corrected chi connectivity index (χ3v) is 4.18. The van der Waals surface area contributed by atoms with Crippen molar-refractivity contribution in [3.05, 3.63) is 0 Å². The summed E-state index contributed by atoms with van der Waals surface area (Å²) in [6.45, 7) is 6.24. The molecule has 3 heteroatoms. The Morgan fingerprint density at radius 2 is 1.56 bits per heavy atom. The highest BCUT2D eigenvalue weighted by molar-refractivity contribution is 5.79. The van der Waals surface area contributed by atoms with Gasteiger partial charge in [-0.2, -0.15) is 0 Å². The Labute approximate surface area is 98.8 Å². The maximum Gasteiger partial charge on any atom is 0.225 e. The second kappa shape index (κ2) is 5.17. The van der Waals surface area contributed by atoms with Crippen molar-refractivity contribution in [2.75, 3.05) is 33.2 Å². The Morgan fingerprint density at radius 1 is 1.00 bits per heavy atom. The lowest BCUT2D eigenvalue weighted by molar-refractivity contribution is -0.138. The fourth-order valence-corrected chi connectivity index (χ4v) is 2.79. The number of hydrogen-bond acceptors (Lipinski definition) is 2. The van der Waals surface area contributed by atoms with Crippen LogP contribution in [0.15, 0.2) is 0 Å². The van der Waals surface area contributed by atoms with Crippen molar-refractivity contribution < 1.29 is 4.79 Å². The van der Waals surface area contributed by atoms with Gasteiger partial charge in [0.25, 0.3) is 0 Å². The molecule has 0 bridgehead atoms. The molecule has 0 unspecified atom stereocenters. The molecule has 0 N–H and O–H groups in total. The number of amides is 1. The van der Waals surface area contributed by atoms with Crippen LogP contribution in [0.2, 0.25) is 0 Å². The van der Waals surface area contributed by atoms with Crippen molar-refractivity contribution in [1.82, 2.24) is 9.80 Å². The van der Waals surface area contributed by atoms with Crippen molar-refractivity contribution in [3.8, 4) is 0 Å². The fraction of sp³-hybridized carbons (Fsp3) is 0.923. The van der Waals surface area contributed by atoms with Crippen LogP contribution in [0.4, 0.5) is 0 Å². The highest BCUT2D eigenvalue weighted by Crippen LogP contribution is 2.29. The zero-order valence-corrected chi connectivity index (χ0v) is 10.6. The molecule has 1 aliphatic carbocycles. The molecule has 92 valence electrons. The molecular weight excluding hydrogens is 200 g/mol. The van der Waals surface area contributed by atoms with Crippen molar-refractivity contribution >= 4 is 5.91 Å². The minimum Gasteiger partial charge on any atom is -0.340 e. The fourth-order valence-electron chi connectivity index (χ4n) is 2.79. The van der Waals surface area contributed by atoms with Gasteiger partial charge in [0.05, 0.1) is 0 Å². The van der Waals surface area contributed by atoms with Gasteiger partial charge in [-0.1, -0.05) is 6.92 Å². The molecule has 0 radical (unpaired) electrons. The SMILES string of the molecule is CC1CCC(C(=O)N2CCN(C)CC2)CC1. The smallest absolute Gasteiger partial charge is 0.225 e. The van der Waals surface area contributed by atoms with E-state index in [9.17, 15) is 4.79 Å². The minimum atomic E-state index is 0.333. The van der Waals surface area contributed by atoms with Crippen molar-refractivity contribution in [1.29, 1.82) is 0 Å². The summed E-state index contributed by atoms with van der Waals surface area (Å²) in [5, 5.41) is 0. The second-order valence-corrected chi connectivity index (χ2v) is 5.59. The van der Waals surface area contributed by atoms with Crippen LogP contribution in [-0.2, 0) is 4.79 Å². The van der Waals surface area contributed by atoms with Crippen molar-refractivity contribution in [2.45, 2.75) is 32.6 Å². The molecule has 1 saturated carbocycles. The third-order valence-electron chi connectivity index (χ3n) is 4.18. The lowest BCUT2D eigenvalue weighted by Crippen LogP contribution is -2.49. The maximum atomic E-state index is 12.3. The van der Waals surface area contributed by atoms with Crippen molar-refractivity contribution in [2.24, 2.45) is 11.8 Å². The third kappa shape index (κ3) is 2.76. The normalized spacial score (nSPS) is 32.8. The average Bonchev–Trinajstić information content (AvgIpc) is 2.30. The van der Waals surface area contributed by atoms with Gasteiger partial charge in [0.2, 0.25) is 5.91 Å². The largest absolute Gasteiger partial charge is 0.340 e. The van der Waals surface area contributed by atoms with Crippen LogP contribution in [0.1, 0.15) is 32.6 Å². The second-order valence-electron chi connectivity index (χ2n) is 5.59. The topological polar surface area (TPSA) is 23.6 Å². The predicted molar refractivity (Wildman–Crippen MR) is 65.2 cm³/mol. The quantitative estimate of drug-likeness (QED) is 0.675. The van der Waals surface area contributed by atoms with Crippen LogP contribution in [0.3, 0.4) is 0 Å². The van der Waals surface area contributed by atoms with Gasteiger partial charge < -0.3 is 9.80 Å². The molecule has 1 amide bonds. The molecule has 2 aliphatic rings. The average molecular weight is 224 g/mol. The minimum absolute atomic E-state index is 0.333. The lowest BCUT2D eigenvalue weighted by atomic mass is 9.82. The zero-order chi connectivity index (χ0) is 11.5. The summed E-state index contributed by atoms with van der Waals surface area (Å²) < 4.78 is 0. The Morgan fingerprint density at radius 3 is 2.12 bits per heavy atom. The Balaban J connectivity index is 1.83. The van der Waals surface area contributed by atoms with E-state index in [1.54, 1.807) is 0 Å². The monoisotopic (exact) mass is 224 g/mol. The standard InChI is InChI=1S/C13H24N2O/c1-11-3-5-12(6-4-11)13(16)15-9-7-14(2)8-10-15/h11-12H,3-10H2,1-2H3. The molecule has 1 saturated heterocycles. The Bertz CT molecular complexity index is 214. The van der Waals surface area contributed by atoms with E-state index in [1.807, 2.05) is 0 Å².